The first-order valence-electron chi connectivity index (χ1n) is 8.48. The maximum Gasteiger partial charge on any atom is 0.387 e. The van der Waals surface area contributed by atoms with Crippen LogP contribution in [0.25, 0.3) is 11.0 Å². The number of halogens is 3. The Bertz CT molecular complexity index is 1100. The molecule has 1 amide bonds. The van der Waals surface area contributed by atoms with Gasteiger partial charge < -0.3 is 14.2 Å². The lowest BCUT2D eigenvalue weighted by atomic mass is 9.97. The van der Waals surface area contributed by atoms with Crippen LogP contribution >= 0.6 is 11.6 Å². The van der Waals surface area contributed by atoms with Crippen LogP contribution in [0.2, 0.25) is 5.02 Å². The molecule has 27 heavy (non-hydrogen) atoms. The fourth-order valence-corrected chi connectivity index (χ4v) is 4.42. The SMILES string of the molecule is CN1C(=O)c2cccc(OC(F)F)c2[C@H]2CC1c1nc3ccc(Cl)cc3n12. The minimum atomic E-state index is -2.97. The summed E-state index contributed by atoms with van der Waals surface area (Å²) in [5.74, 6) is 0.519. The van der Waals surface area contributed by atoms with Gasteiger partial charge in [-0.3, -0.25) is 4.79 Å². The molecule has 1 unspecified atom stereocenters. The van der Waals surface area contributed by atoms with E-state index >= 15 is 0 Å². The third-order valence-corrected chi connectivity index (χ3v) is 5.60. The molecule has 2 aliphatic heterocycles. The monoisotopic (exact) mass is 389 g/mol. The van der Waals surface area contributed by atoms with Crippen LogP contribution in [0, 0.1) is 0 Å². The van der Waals surface area contributed by atoms with Crippen molar-refractivity contribution in [2.24, 2.45) is 0 Å². The molecular formula is C19H14ClF2N3O2. The molecule has 138 valence electrons. The molecule has 5 nitrogen and oxygen atoms in total. The number of fused-ring (bicyclic) bond motifs is 9. The minimum absolute atomic E-state index is 0.0200. The van der Waals surface area contributed by atoms with Crippen LogP contribution in [-0.4, -0.2) is 34.0 Å². The van der Waals surface area contributed by atoms with Gasteiger partial charge in [0, 0.05) is 29.6 Å². The van der Waals surface area contributed by atoms with Gasteiger partial charge >= 0.3 is 6.61 Å². The molecule has 1 aromatic heterocycles. The van der Waals surface area contributed by atoms with E-state index in [0.29, 0.717) is 22.6 Å². The van der Waals surface area contributed by atoms with Crippen LogP contribution in [0.3, 0.4) is 0 Å². The highest BCUT2D eigenvalue weighted by atomic mass is 35.5. The number of rotatable bonds is 2. The summed E-state index contributed by atoms with van der Waals surface area (Å²) in [4.78, 5) is 19.3. The lowest BCUT2D eigenvalue weighted by Gasteiger charge is -2.24. The van der Waals surface area contributed by atoms with E-state index in [1.165, 1.54) is 6.07 Å². The summed E-state index contributed by atoms with van der Waals surface area (Å²) in [5.41, 5.74) is 2.40. The number of benzene rings is 2. The van der Waals surface area contributed by atoms with Crippen LogP contribution in [0.15, 0.2) is 36.4 Å². The highest BCUT2D eigenvalue weighted by Gasteiger charge is 2.44. The normalized spacial score (nSPS) is 20.8. The molecular weight excluding hydrogens is 376 g/mol. The molecule has 0 radical (unpaired) electrons. The summed E-state index contributed by atoms with van der Waals surface area (Å²) in [5, 5.41) is 0.561. The van der Waals surface area contributed by atoms with Gasteiger partial charge in [0.25, 0.3) is 5.91 Å². The second-order valence-electron chi connectivity index (χ2n) is 6.75. The number of imidazole rings is 1. The Balaban J connectivity index is 1.82. The van der Waals surface area contributed by atoms with Crippen molar-refractivity contribution >= 4 is 28.5 Å². The van der Waals surface area contributed by atoms with Gasteiger partial charge in [-0.15, -0.1) is 0 Å². The molecule has 0 saturated carbocycles. The van der Waals surface area contributed by atoms with Gasteiger partial charge in [-0.05, 0) is 30.3 Å². The zero-order valence-electron chi connectivity index (χ0n) is 14.2. The number of amides is 1. The van der Waals surface area contributed by atoms with Gasteiger partial charge in [0.15, 0.2) is 0 Å². The van der Waals surface area contributed by atoms with E-state index in [2.05, 4.69) is 4.98 Å². The standard InChI is InChI=1S/C19H14ClF2N3O2/c1-24-14-8-13(25-12-7-9(20)5-6-11(12)23-17(14)25)16-10(18(24)26)3-2-4-15(16)27-19(21)22/h2-7,13-14,19H,8H2,1H3/t13-,14?/m1/s1. The van der Waals surface area contributed by atoms with Crippen LogP contribution in [0.4, 0.5) is 8.78 Å². The molecule has 8 heteroatoms. The molecule has 5 rings (SSSR count). The van der Waals surface area contributed by atoms with E-state index in [-0.39, 0.29) is 23.7 Å². The third kappa shape index (κ3) is 2.27. The van der Waals surface area contributed by atoms with Crippen LogP contribution in [0.5, 0.6) is 5.75 Å². The Kier molecular flexibility index (Phi) is 3.46. The van der Waals surface area contributed by atoms with Crippen LogP contribution < -0.4 is 4.74 Å². The Labute approximate surface area is 158 Å². The summed E-state index contributed by atoms with van der Waals surface area (Å²) in [6.07, 6.45) is 0.545. The van der Waals surface area contributed by atoms with Crippen LogP contribution in [0.1, 0.15) is 40.3 Å². The lowest BCUT2D eigenvalue weighted by Crippen LogP contribution is -2.30. The second kappa shape index (κ2) is 5.66. The van der Waals surface area contributed by atoms with E-state index < -0.39 is 6.61 Å². The highest BCUT2D eigenvalue weighted by molar-refractivity contribution is 6.31. The molecule has 0 N–H and O–H groups in total. The van der Waals surface area contributed by atoms with Gasteiger partial charge in [-0.2, -0.15) is 8.78 Å². The number of carbonyl (C=O) groups is 1. The minimum Gasteiger partial charge on any atom is -0.434 e. The Morgan fingerprint density at radius 1 is 1.26 bits per heavy atom. The van der Waals surface area contributed by atoms with Gasteiger partial charge in [-0.25, -0.2) is 4.98 Å². The van der Waals surface area contributed by atoms with Crippen molar-refractivity contribution in [3.8, 4) is 5.75 Å². The second-order valence-corrected chi connectivity index (χ2v) is 7.19. The van der Waals surface area contributed by atoms with E-state index in [4.69, 9.17) is 16.3 Å². The largest absolute Gasteiger partial charge is 0.434 e. The number of alkyl halides is 2. The summed E-state index contributed by atoms with van der Waals surface area (Å²) in [7, 11) is 1.71. The highest BCUT2D eigenvalue weighted by Crippen LogP contribution is 2.50. The zero-order chi connectivity index (χ0) is 18.9. The number of hydrogen-bond donors (Lipinski definition) is 0. The summed E-state index contributed by atoms with van der Waals surface area (Å²) in [6, 6.07) is 9.48. The molecule has 0 aliphatic carbocycles. The first-order chi connectivity index (χ1) is 13.0. The Morgan fingerprint density at radius 2 is 2.07 bits per heavy atom. The number of hydrogen-bond acceptors (Lipinski definition) is 3. The number of nitrogens with zero attached hydrogens (tertiary/aromatic N) is 3. The van der Waals surface area contributed by atoms with Gasteiger partial charge in [0.05, 0.1) is 23.1 Å². The summed E-state index contributed by atoms with van der Waals surface area (Å²) in [6.45, 7) is -2.97. The van der Waals surface area contributed by atoms with Gasteiger partial charge in [0.2, 0.25) is 0 Å². The first kappa shape index (κ1) is 16.5. The quantitative estimate of drug-likeness (QED) is 0.652. The molecule has 2 bridgehead atoms. The van der Waals surface area contributed by atoms with Crippen molar-refractivity contribution in [3.63, 3.8) is 0 Å². The van der Waals surface area contributed by atoms with Gasteiger partial charge in [0.1, 0.15) is 11.6 Å². The van der Waals surface area contributed by atoms with Gasteiger partial charge in [-0.1, -0.05) is 17.7 Å². The first-order valence-corrected chi connectivity index (χ1v) is 8.85. The van der Waals surface area contributed by atoms with Crippen molar-refractivity contribution < 1.29 is 18.3 Å². The number of aromatic nitrogens is 2. The summed E-state index contributed by atoms with van der Waals surface area (Å²) < 4.78 is 32.7. The predicted molar refractivity (Wildman–Crippen MR) is 95.4 cm³/mol. The average Bonchev–Trinajstić information content (AvgIpc) is 3.14. The third-order valence-electron chi connectivity index (χ3n) is 5.37. The fraction of sp³-hybridized carbons (Fsp3) is 0.263. The molecule has 2 atom stereocenters. The van der Waals surface area contributed by atoms with Crippen molar-refractivity contribution in [3.05, 3.63) is 58.4 Å². The summed E-state index contributed by atoms with van der Waals surface area (Å²) >= 11 is 6.18. The van der Waals surface area contributed by atoms with E-state index in [9.17, 15) is 13.6 Å². The van der Waals surface area contributed by atoms with E-state index in [1.807, 2.05) is 16.7 Å². The maximum absolute atomic E-state index is 13.0. The molecule has 2 aliphatic rings. The van der Waals surface area contributed by atoms with Crippen LogP contribution in [-0.2, 0) is 0 Å². The van der Waals surface area contributed by atoms with E-state index in [1.54, 1.807) is 30.1 Å². The van der Waals surface area contributed by atoms with Crippen molar-refractivity contribution in [1.29, 1.82) is 0 Å². The average molecular weight is 390 g/mol. The van der Waals surface area contributed by atoms with Crippen molar-refractivity contribution in [2.75, 3.05) is 7.05 Å². The van der Waals surface area contributed by atoms with E-state index in [0.717, 1.165) is 16.9 Å². The van der Waals surface area contributed by atoms with Crippen molar-refractivity contribution in [1.82, 2.24) is 14.5 Å². The smallest absolute Gasteiger partial charge is 0.387 e. The molecule has 2 aromatic carbocycles. The molecule has 0 spiro atoms. The molecule has 0 fully saturated rings. The molecule has 3 aromatic rings. The fourth-order valence-electron chi connectivity index (χ4n) is 4.25. The molecule has 0 saturated heterocycles. The topological polar surface area (TPSA) is 47.4 Å². The Hall–Kier alpha value is -2.67. The zero-order valence-corrected chi connectivity index (χ0v) is 15.0. The molecule has 3 heterocycles. The Morgan fingerprint density at radius 3 is 2.85 bits per heavy atom. The predicted octanol–water partition coefficient (Wildman–Crippen LogP) is 4.41. The number of ether oxygens (including phenoxy) is 1. The maximum atomic E-state index is 13.0. The lowest BCUT2D eigenvalue weighted by molar-refractivity contribution is -0.0507. The van der Waals surface area contributed by atoms with Crippen molar-refractivity contribution in [2.45, 2.75) is 25.1 Å². The number of carbonyl (C=O) groups excluding carboxylic acids is 1.